The van der Waals surface area contributed by atoms with Gasteiger partial charge in [-0.05, 0) is 48.8 Å². The Bertz CT molecular complexity index is 867. The molecule has 1 aliphatic carbocycles. The molecule has 1 N–H and O–H groups in total. The number of ether oxygens (including phenoxy) is 2. The van der Waals surface area contributed by atoms with Gasteiger partial charge in [-0.1, -0.05) is 30.3 Å². The third kappa shape index (κ3) is 3.87. The van der Waals surface area contributed by atoms with Crippen molar-refractivity contribution in [2.45, 2.75) is 19.3 Å². The van der Waals surface area contributed by atoms with E-state index in [2.05, 4.69) is 0 Å². The highest BCUT2D eigenvalue weighted by atomic mass is 16.5. The summed E-state index contributed by atoms with van der Waals surface area (Å²) in [6.45, 7) is 1.94. The van der Waals surface area contributed by atoms with E-state index in [9.17, 15) is 14.7 Å². The van der Waals surface area contributed by atoms with Crippen LogP contribution in [-0.4, -0.2) is 30.6 Å². The minimum atomic E-state index is -0.895. The normalized spacial score (nSPS) is 19.3. The molecule has 0 saturated heterocycles. The number of benzene rings is 2. The number of carbonyl (C=O) groups excluding carboxylic acids is 2. The van der Waals surface area contributed by atoms with Crippen LogP contribution in [0.5, 0.6) is 11.5 Å². The first kappa shape index (κ1) is 18.7. The van der Waals surface area contributed by atoms with Crippen LogP contribution in [0.4, 0.5) is 0 Å². The highest BCUT2D eigenvalue weighted by Gasteiger charge is 2.40. The Kier molecular flexibility index (Phi) is 5.60. The molecule has 27 heavy (non-hydrogen) atoms. The van der Waals surface area contributed by atoms with Gasteiger partial charge in [0.1, 0.15) is 17.4 Å². The summed E-state index contributed by atoms with van der Waals surface area (Å²) in [7, 11) is 1.58. The zero-order valence-corrected chi connectivity index (χ0v) is 15.3. The maximum absolute atomic E-state index is 12.8. The van der Waals surface area contributed by atoms with Gasteiger partial charge in [-0.2, -0.15) is 0 Å². The molecule has 0 unspecified atom stereocenters. The summed E-state index contributed by atoms with van der Waals surface area (Å²) < 4.78 is 10.3. The molecule has 2 atom stereocenters. The molecule has 0 aliphatic heterocycles. The predicted molar refractivity (Wildman–Crippen MR) is 102 cm³/mol. The number of phenolic OH excluding ortho intramolecular Hbond substituents is 1. The molecule has 140 valence electrons. The van der Waals surface area contributed by atoms with Crippen LogP contribution in [0.1, 0.15) is 30.4 Å². The van der Waals surface area contributed by atoms with Gasteiger partial charge in [0.05, 0.1) is 13.7 Å². The molecule has 0 saturated carbocycles. The molecule has 2 aromatic rings. The second kappa shape index (κ2) is 8.08. The lowest BCUT2D eigenvalue weighted by Crippen LogP contribution is -2.34. The monoisotopic (exact) mass is 366 g/mol. The van der Waals surface area contributed by atoms with E-state index in [4.69, 9.17) is 9.47 Å². The molecule has 0 fully saturated rings. The van der Waals surface area contributed by atoms with Crippen molar-refractivity contribution in [3.8, 4) is 11.5 Å². The average molecular weight is 366 g/mol. The summed E-state index contributed by atoms with van der Waals surface area (Å²) in [4.78, 5) is 25.3. The molecule has 0 bridgehead atoms. The smallest absolute Gasteiger partial charge is 0.317 e. The minimum Gasteiger partial charge on any atom is -0.507 e. The Morgan fingerprint density at radius 1 is 1.15 bits per heavy atom. The van der Waals surface area contributed by atoms with Gasteiger partial charge in [-0.15, -0.1) is 0 Å². The molecule has 5 heteroatoms. The first-order chi connectivity index (χ1) is 13.0. The largest absolute Gasteiger partial charge is 0.507 e. The highest BCUT2D eigenvalue weighted by molar-refractivity contribution is 6.11. The van der Waals surface area contributed by atoms with Crippen molar-refractivity contribution in [3.63, 3.8) is 0 Å². The fraction of sp³-hybridized carbons (Fsp3) is 0.273. The van der Waals surface area contributed by atoms with Crippen LogP contribution >= 0.6 is 0 Å². The zero-order chi connectivity index (χ0) is 19.4. The van der Waals surface area contributed by atoms with Crippen molar-refractivity contribution in [2.24, 2.45) is 5.92 Å². The first-order valence-electron chi connectivity index (χ1n) is 8.88. The SMILES string of the molecule is CCOC(=O)[C@H]1C(=O)C=C(c2ccccc2O)C[C@@H]1c1ccc(OC)cc1. The van der Waals surface area contributed by atoms with Crippen LogP contribution < -0.4 is 4.74 Å². The molecule has 0 aromatic heterocycles. The maximum atomic E-state index is 12.8. The fourth-order valence-corrected chi connectivity index (χ4v) is 3.48. The Balaban J connectivity index is 2.03. The van der Waals surface area contributed by atoms with E-state index < -0.39 is 11.9 Å². The molecule has 0 radical (unpaired) electrons. The lowest BCUT2D eigenvalue weighted by atomic mass is 9.73. The van der Waals surface area contributed by atoms with Crippen molar-refractivity contribution < 1.29 is 24.2 Å². The van der Waals surface area contributed by atoms with Crippen LogP contribution in [0.25, 0.3) is 5.57 Å². The minimum absolute atomic E-state index is 0.111. The molecule has 0 heterocycles. The second-order valence-electron chi connectivity index (χ2n) is 6.40. The third-order valence-electron chi connectivity index (χ3n) is 4.80. The Morgan fingerprint density at radius 2 is 1.85 bits per heavy atom. The van der Waals surface area contributed by atoms with Gasteiger partial charge in [0.25, 0.3) is 0 Å². The van der Waals surface area contributed by atoms with Crippen molar-refractivity contribution in [2.75, 3.05) is 13.7 Å². The molecule has 5 nitrogen and oxygen atoms in total. The summed E-state index contributed by atoms with van der Waals surface area (Å²) >= 11 is 0. The average Bonchev–Trinajstić information content (AvgIpc) is 2.68. The topological polar surface area (TPSA) is 72.8 Å². The standard InChI is InChI=1S/C22H22O5/c1-3-27-22(25)21-18(14-8-10-16(26-2)11-9-14)12-15(13-20(21)24)17-6-4-5-7-19(17)23/h4-11,13,18,21,23H,3,12H2,1-2H3/t18-,21-/m1/s1. The van der Waals surface area contributed by atoms with E-state index in [1.54, 1.807) is 50.4 Å². The van der Waals surface area contributed by atoms with Gasteiger partial charge in [0, 0.05) is 11.5 Å². The van der Waals surface area contributed by atoms with Crippen LogP contribution in [0.15, 0.2) is 54.6 Å². The number of esters is 1. The Hall–Kier alpha value is -3.08. The number of allylic oxidation sites excluding steroid dienone is 2. The molecule has 3 rings (SSSR count). The van der Waals surface area contributed by atoms with E-state index in [0.717, 1.165) is 5.56 Å². The van der Waals surface area contributed by atoms with Gasteiger partial charge in [0.2, 0.25) is 0 Å². The number of phenols is 1. The number of hydrogen-bond donors (Lipinski definition) is 1. The highest BCUT2D eigenvalue weighted by Crippen LogP contribution is 2.42. The summed E-state index contributed by atoms with van der Waals surface area (Å²) in [5.74, 6) is -1.28. The van der Waals surface area contributed by atoms with Crippen LogP contribution in [-0.2, 0) is 14.3 Å². The van der Waals surface area contributed by atoms with Gasteiger partial charge in [-0.3, -0.25) is 9.59 Å². The summed E-state index contributed by atoms with van der Waals surface area (Å²) in [5, 5.41) is 10.2. The molecule has 0 amide bonds. The fourth-order valence-electron chi connectivity index (χ4n) is 3.48. The maximum Gasteiger partial charge on any atom is 0.317 e. The van der Waals surface area contributed by atoms with E-state index in [0.29, 0.717) is 23.3 Å². The van der Waals surface area contributed by atoms with Crippen molar-refractivity contribution >= 4 is 17.3 Å². The number of carbonyl (C=O) groups is 2. The molecular formula is C22H22O5. The summed E-state index contributed by atoms with van der Waals surface area (Å²) in [6.07, 6.45) is 1.90. The molecule has 1 aliphatic rings. The van der Waals surface area contributed by atoms with Crippen molar-refractivity contribution in [1.29, 1.82) is 0 Å². The number of para-hydroxylation sites is 1. The van der Waals surface area contributed by atoms with Crippen LogP contribution in [0.2, 0.25) is 0 Å². The number of rotatable bonds is 5. The van der Waals surface area contributed by atoms with Gasteiger partial charge < -0.3 is 14.6 Å². The third-order valence-corrected chi connectivity index (χ3v) is 4.80. The van der Waals surface area contributed by atoms with E-state index in [1.807, 2.05) is 12.1 Å². The predicted octanol–water partition coefficient (Wildman–Crippen LogP) is 3.72. The molecular weight excluding hydrogens is 344 g/mol. The van der Waals surface area contributed by atoms with E-state index >= 15 is 0 Å². The first-order valence-corrected chi connectivity index (χ1v) is 8.88. The quantitative estimate of drug-likeness (QED) is 0.645. The number of methoxy groups -OCH3 is 1. The van der Waals surface area contributed by atoms with Crippen LogP contribution in [0, 0.1) is 5.92 Å². The number of aromatic hydroxyl groups is 1. The van der Waals surface area contributed by atoms with E-state index in [1.165, 1.54) is 6.08 Å². The summed E-state index contributed by atoms with van der Waals surface area (Å²) in [5.41, 5.74) is 2.16. The van der Waals surface area contributed by atoms with Crippen molar-refractivity contribution in [3.05, 3.63) is 65.7 Å². The Labute approximate surface area is 158 Å². The van der Waals surface area contributed by atoms with Crippen molar-refractivity contribution in [1.82, 2.24) is 0 Å². The Morgan fingerprint density at radius 3 is 2.48 bits per heavy atom. The zero-order valence-electron chi connectivity index (χ0n) is 15.3. The molecule has 0 spiro atoms. The number of hydrogen-bond acceptors (Lipinski definition) is 5. The van der Waals surface area contributed by atoms with E-state index in [-0.39, 0.29) is 24.1 Å². The van der Waals surface area contributed by atoms with Gasteiger partial charge in [0.15, 0.2) is 5.78 Å². The lowest BCUT2D eigenvalue weighted by Gasteiger charge is -2.29. The lowest BCUT2D eigenvalue weighted by molar-refractivity contribution is -0.151. The van der Waals surface area contributed by atoms with Gasteiger partial charge >= 0.3 is 5.97 Å². The summed E-state index contributed by atoms with van der Waals surface area (Å²) in [6, 6.07) is 14.2. The van der Waals surface area contributed by atoms with Gasteiger partial charge in [-0.25, -0.2) is 0 Å². The molecule has 2 aromatic carbocycles. The van der Waals surface area contributed by atoms with Crippen LogP contribution in [0.3, 0.4) is 0 Å². The second-order valence-corrected chi connectivity index (χ2v) is 6.40. The number of ketones is 1.